The van der Waals surface area contributed by atoms with Crippen LogP contribution in [0.25, 0.3) is 5.78 Å². The first-order chi connectivity index (χ1) is 12.2. The molecule has 0 spiro atoms. The Bertz CT molecular complexity index is 1120. The van der Waals surface area contributed by atoms with E-state index in [0.717, 1.165) is 0 Å². The van der Waals surface area contributed by atoms with E-state index in [0.29, 0.717) is 11.1 Å². The molecule has 0 saturated carbocycles. The Morgan fingerprint density at radius 1 is 1.23 bits per heavy atom. The molecule has 0 aliphatic rings. The van der Waals surface area contributed by atoms with Crippen molar-refractivity contribution in [1.82, 2.24) is 19.6 Å². The molecule has 2 aromatic heterocycles. The molecule has 11 nitrogen and oxygen atoms in total. The number of aromatic nitrogens is 4. The van der Waals surface area contributed by atoms with Crippen molar-refractivity contribution >= 4 is 27.2 Å². The molecule has 0 aliphatic carbocycles. The molecule has 0 amide bonds. The molecule has 3 rings (SSSR count). The third-order valence-corrected chi connectivity index (χ3v) is 4.69. The van der Waals surface area contributed by atoms with E-state index in [1.807, 2.05) is 0 Å². The molecular formula is C14H14N6O5S. The number of nitro groups is 1. The lowest BCUT2D eigenvalue weighted by molar-refractivity contribution is -0.383. The van der Waals surface area contributed by atoms with Crippen molar-refractivity contribution in [2.45, 2.75) is 19.0 Å². The number of rotatable bonds is 5. The Morgan fingerprint density at radius 2 is 1.96 bits per heavy atom. The molecule has 0 bridgehead atoms. The number of nitrogens with one attached hydrogen (secondary N) is 1. The van der Waals surface area contributed by atoms with Crippen molar-refractivity contribution in [2.24, 2.45) is 0 Å². The number of para-hydroxylation sites is 1. The topological polar surface area (TPSA) is 142 Å². The highest BCUT2D eigenvalue weighted by molar-refractivity contribution is 7.92. The van der Waals surface area contributed by atoms with Gasteiger partial charge in [0.15, 0.2) is 0 Å². The first kappa shape index (κ1) is 17.5. The molecule has 0 saturated heterocycles. The van der Waals surface area contributed by atoms with Gasteiger partial charge in [0.2, 0.25) is 5.88 Å². The van der Waals surface area contributed by atoms with Crippen molar-refractivity contribution in [3.8, 4) is 5.88 Å². The van der Waals surface area contributed by atoms with Crippen LogP contribution in [0.1, 0.15) is 11.1 Å². The maximum atomic E-state index is 12.6. The van der Waals surface area contributed by atoms with E-state index in [1.165, 1.54) is 30.0 Å². The third kappa shape index (κ3) is 3.01. The average Bonchev–Trinajstić information content (AvgIpc) is 2.99. The maximum absolute atomic E-state index is 12.6. The molecule has 0 fully saturated rings. The second-order valence-electron chi connectivity index (χ2n) is 5.40. The second kappa shape index (κ2) is 6.22. The fraction of sp³-hybridized carbons (Fsp3) is 0.214. The number of ether oxygens (including phenoxy) is 1. The highest BCUT2D eigenvalue weighted by Crippen LogP contribution is 2.29. The summed E-state index contributed by atoms with van der Waals surface area (Å²) in [6, 6.07) is 4.23. The lowest BCUT2D eigenvalue weighted by Gasteiger charge is -2.08. The van der Waals surface area contributed by atoms with Gasteiger partial charge in [0.1, 0.15) is 5.69 Å². The van der Waals surface area contributed by atoms with Crippen LogP contribution in [0.2, 0.25) is 0 Å². The van der Waals surface area contributed by atoms with E-state index in [-0.39, 0.29) is 23.0 Å². The zero-order valence-electron chi connectivity index (χ0n) is 14.0. The van der Waals surface area contributed by atoms with Crippen LogP contribution in [-0.2, 0) is 10.0 Å². The monoisotopic (exact) mass is 378 g/mol. The molecule has 0 radical (unpaired) electrons. The van der Waals surface area contributed by atoms with E-state index >= 15 is 0 Å². The zero-order valence-corrected chi connectivity index (χ0v) is 14.8. The smallest absolute Gasteiger partial charge is 0.299 e. The van der Waals surface area contributed by atoms with E-state index in [1.54, 1.807) is 19.9 Å². The number of aryl methyl sites for hydroxylation is 2. The summed E-state index contributed by atoms with van der Waals surface area (Å²) in [6.45, 7) is 3.27. The maximum Gasteiger partial charge on any atom is 0.299 e. The van der Waals surface area contributed by atoms with Crippen LogP contribution in [0.4, 0.5) is 11.4 Å². The molecule has 3 aromatic rings. The van der Waals surface area contributed by atoms with Gasteiger partial charge in [-0.25, -0.2) is 4.52 Å². The predicted octanol–water partition coefficient (Wildman–Crippen LogP) is 1.46. The largest absolute Gasteiger partial charge is 0.481 e. The zero-order chi connectivity index (χ0) is 19.1. The molecule has 0 aliphatic heterocycles. The van der Waals surface area contributed by atoms with Gasteiger partial charge in [0, 0.05) is 17.8 Å². The number of nitrogens with zero attached hydrogens (tertiary/aromatic N) is 5. The molecule has 12 heteroatoms. The predicted molar refractivity (Wildman–Crippen MR) is 90.7 cm³/mol. The van der Waals surface area contributed by atoms with Gasteiger partial charge in [0.05, 0.1) is 12.0 Å². The molecule has 0 atom stereocenters. The Labute approximate surface area is 147 Å². The van der Waals surface area contributed by atoms with Gasteiger partial charge in [-0.1, -0.05) is 12.1 Å². The minimum atomic E-state index is -4.26. The van der Waals surface area contributed by atoms with Crippen LogP contribution in [0.5, 0.6) is 5.88 Å². The summed E-state index contributed by atoms with van der Waals surface area (Å²) in [6.07, 6.45) is 1.52. The van der Waals surface area contributed by atoms with Crippen molar-refractivity contribution in [3.05, 3.63) is 45.6 Å². The van der Waals surface area contributed by atoms with Crippen molar-refractivity contribution in [3.63, 3.8) is 0 Å². The minimum Gasteiger partial charge on any atom is -0.481 e. The number of nitro benzene ring substituents is 1. The van der Waals surface area contributed by atoms with Gasteiger partial charge in [-0.2, -0.15) is 18.4 Å². The Morgan fingerprint density at radius 3 is 2.62 bits per heavy atom. The van der Waals surface area contributed by atoms with E-state index in [4.69, 9.17) is 4.74 Å². The number of sulfonamides is 1. The van der Waals surface area contributed by atoms with Gasteiger partial charge >= 0.3 is 0 Å². The van der Waals surface area contributed by atoms with Crippen molar-refractivity contribution < 1.29 is 18.1 Å². The quantitative estimate of drug-likeness (QED) is 0.519. The van der Waals surface area contributed by atoms with E-state index in [9.17, 15) is 18.5 Å². The van der Waals surface area contributed by atoms with Gasteiger partial charge in [-0.15, -0.1) is 5.10 Å². The summed E-state index contributed by atoms with van der Waals surface area (Å²) in [5.41, 5.74) is 0.518. The summed E-state index contributed by atoms with van der Waals surface area (Å²) in [5, 5.41) is 14.5. The first-order valence-electron chi connectivity index (χ1n) is 7.28. The fourth-order valence-corrected chi connectivity index (χ4v) is 3.34. The molecule has 1 aromatic carbocycles. The highest BCUT2D eigenvalue weighted by atomic mass is 32.2. The number of methoxy groups -OCH3 is 1. The fourth-order valence-electron chi connectivity index (χ4n) is 2.31. The summed E-state index contributed by atoms with van der Waals surface area (Å²) >= 11 is 0. The lowest BCUT2D eigenvalue weighted by atomic mass is 10.2. The molecule has 136 valence electrons. The molecular weight excluding hydrogens is 364 g/mol. The van der Waals surface area contributed by atoms with Crippen LogP contribution in [0, 0.1) is 24.0 Å². The number of hydrogen-bond acceptors (Lipinski definition) is 8. The van der Waals surface area contributed by atoms with E-state index < -0.39 is 20.1 Å². The molecule has 1 N–H and O–H groups in total. The third-order valence-electron chi connectivity index (χ3n) is 3.57. The molecule has 26 heavy (non-hydrogen) atoms. The van der Waals surface area contributed by atoms with Gasteiger partial charge in [-0.05, 0) is 19.4 Å². The van der Waals surface area contributed by atoms with Gasteiger partial charge in [-0.3, -0.25) is 14.8 Å². The first-order valence-corrected chi connectivity index (χ1v) is 8.76. The Balaban J connectivity index is 2.07. The number of fused-ring (bicyclic) bond motifs is 1. The minimum absolute atomic E-state index is 0.0205. The number of benzene rings is 1. The normalized spacial score (nSPS) is 11.5. The Kier molecular flexibility index (Phi) is 4.20. The average molecular weight is 378 g/mol. The van der Waals surface area contributed by atoms with Gasteiger partial charge < -0.3 is 4.74 Å². The van der Waals surface area contributed by atoms with Crippen molar-refractivity contribution in [1.29, 1.82) is 0 Å². The van der Waals surface area contributed by atoms with Gasteiger partial charge in [0.25, 0.3) is 26.6 Å². The number of anilines is 1. The summed E-state index contributed by atoms with van der Waals surface area (Å²) in [5.74, 6) is 0.309. The standard InChI is InChI=1S/C14H14N6O5S/c1-8-5-4-6-10(20(21)22)11(8)18-26(23,24)14-16-13-15-12(25-3)9(2)7-19(13)17-14/h4-7,18H,1-3H3. The second-order valence-corrected chi connectivity index (χ2v) is 6.98. The van der Waals surface area contributed by atoms with Crippen LogP contribution in [0.3, 0.4) is 0 Å². The summed E-state index contributed by atoms with van der Waals surface area (Å²) in [4.78, 5) is 18.4. The number of hydrogen-bond donors (Lipinski definition) is 1. The van der Waals surface area contributed by atoms with Crippen LogP contribution >= 0.6 is 0 Å². The Hall–Kier alpha value is -3.28. The lowest BCUT2D eigenvalue weighted by Crippen LogP contribution is -2.16. The summed E-state index contributed by atoms with van der Waals surface area (Å²) in [7, 11) is -2.84. The highest BCUT2D eigenvalue weighted by Gasteiger charge is 2.26. The van der Waals surface area contributed by atoms with Crippen LogP contribution in [0.15, 0.2) is 29.6 Å². The molecule has 2 heterocycles. The van der Waals surface area contributed by atoms with Crippen molar-refractivity contribution in [2.75, 3.05) is 11.8 Å². The summed E-state index contributed by atoms with van der Waals surface area (Å²) < 4.78 is 33.7. The van der Waals surface area contributed by atoms with Crippen LogP contribution in [-0.4, -0.2) is 40.0 Å². The van der Waals surface area contributed by atoms with E-state index in [2.05, 4.69) is 19.8 Å². The SMILES string of the molecule is COc1nc2nc(S(=O)(=O)Nc3c(C)cccc3[N+](=O)[O-])nn2cc1C. The molecule has 0 unspecified atom stereocenters. The van der Waals surface area contributed by atoms with Crippen LogP contribution < -0.4 is 9.46 Å².